The largest absolute Gasteiger partial charge is 0.489 e. The summed E-state index contributed by atoms with van der Waals surface area (Å²) in [5, 5.41) is 7.49. The summed E-state index contributed by atoms with van der Waals surface area (Å²) in [5.41, 5.74) is 4.22. The molecule has 0 aliphatic heterocycles. The van der Waals surface area contributed by atoms with E-state index in [1.807, 2.05) is 80.6 Å². The van der Waals surface area contributed by atoms with Crippen LogP contribution in [0.4, 0.5) is 0 Å². The quantitative estimate of drug-likeness (QED) is 0.480. The molecule has 2 aromatic heterocycles. The van der Waals surface area contributed by atoms with Gasteiger partial charge in [0.1, 0.15) is 12.4 Å². The number of benzene rings is 2. The number of pyridine rings is 1. The third kappa shape index (κ3) is 4.98. The molecule has 0 aliphatic carbocycles. The summed E-state index contributed by atoms with van der Waals surface area (Å²) in [6.07, 6.45) is 3.52. The molecule has 0 saturated carbocycles. The molecule has 0 aliphatic rings. The Balaban J connectivity index is 1.38. The molecule has 156 valence electrons. The van der Waals surface area contributed by atoms with Crippen LogP contribution in [0.5, 0.6) is 5.75 Å². The van der Waals surface area contributed by atoms with Crippen molar-refractivity contribution >= 4 is 5.91 Å². The van der Waals surface area contributed by atoms with Crippen molar-refractivity contribution in [3.63, 3.8) is 0 Å². The molecule has 0 radical (unpaired) electrons. The highest BCUT2D eigenvalue weighted by atomic mass is 16.5. The highest BCUT2D eigenvalue weighted by molar-refractivity contribution is 5.92. The Morgan fingerprint density at radius 3 is 2.55 bits per heavy atom. The van der Waals surface area contributed by atoms with E-state index in [9.17, 15) is 4.79 Å². The first kappa shape index (κ1) is 20.3. The van der Waals surface area contributed by atoms with E-state index in [0.717, 1.165) is 28.3 Å². The van der Waals surface area contributed by atoms with Crippen LogP contribution in [0, 0.1) is 6.92 Å². The molecule has 1 atom stereocenters. The molecule has 6 heteroatoms. The molecular weight excluding hydrogens is 388 g/mol. The zero-order chi connectivity index (χ0) is 21.6. The highest BCUT2D eigenvalue weighted by Crippen LogP contribution is 2.19. The number of hydrogen-bond donors (Lipinski definition) is 1. The lowest BCUT2D eigenvalue weighted by atomic mass is 10.1. The zero-order valence-corrected chi connectivity index (χ0v) is 17.5. The normalized spacial score (nSPS) is 11.7. The monoisotopic (exact) mass is 412 g/mol. The molecular formula is C25H24N4O2. The van der Waals surface area contributed by atoms with Gasteiger partial charge in [-0.2, -0.15) is 5.10 Å². The van der Waals surface area contributed by atoms with Crippen LogP contribution in [0.15, 0.2) is 85.2 Å². The molecule has 0 spiro atoms. The maximum atomic E-state index is 12.7. The fraction of sp³-hybridized carbons (Fsp3) is 0.160. The summed E-state index contributed by atoms with van der Waals surface area (Å²) in [4.78, 5) is 16.8. The van der Waals surface area contributed by atoms with Gasteiger partial charge in [0.2, 0.25) is 0 Å². The van der Waals surface area contributed by atoms with Crippen molar-refractivity contribution in [1.82, 2.24) is 20.1 Å². The van der Waals surface area contributed by atoms with Gasteiger partial charge in [0.25, 0.3) is 5.91 Å². The lowest BCUT2D eigenvalue weighted by molar-refractivity contribution is 0.0934. The average Bonchev–Trinajstić information content (AvgIpc) is 3.21. The van der Waals surface area contributed by atoms with Gasteiger partial charge < -0.3 is 10.1 Å². The first-order valence-electron chi connectivity index (χ1n) is 10.1. The molecule has 2 heterocycles. The van der Waals surface area contributed by atoms with Crippen molar-refractivity contribution in [2.45, 2.75) is 26.5 Å². The molecule has 4 rings (SSSR count). The Kier molecular flexibility index (Phi) is 6.08. The van der Waals surface area contributed by atoms with Crippen molar-refractivity contribution < 1.29 is 9.53 Å². The molecule has 1 N–H and O–H groups in total. The van der Waals surface area contributed by atoms with Crippen LogP contribution in [0.25, 0.3) is 5.69 Å². The van der Waals surface area contributed by atoms with Gasteiger partial charge in [-0.25, -0.2) is 4.68 Å². The first-order valence-corrected chi connectivity index (χ1v) is 10.1. The van der Waals surface area contributed by atoms with Crippen molar-refractivity contribution in [2.75, 3.05) is 0 Å². The Hall–Kier alpha value is -3.93. The van der Waals surface area contributed by atoms with Gasteiger partial charge in [-0.1, -0.05) is 36.4 Å². The molecule has 1 unspecified atom stereocenters. The number of nitrogens with one attached hydrogen (secondary N) is 1. The van der Waals surface area contributed by atoms with E-state index in [-0.39, 0.29) is 11.9 Å². The summed E-state index contributed by atoms with van der Waals surface area (Å²) in [6, 6.07) is 23.0. The second-order valence-electron chi connectivity index (χ2n) is 7.33. The van der Waals surface area contributed by atoms with Crippen LogP contribution in [-0.2, 0) is 6.61 Å². The van der Waals surface area contributed by atoms with E-state index >= 15 is 0 Å². The van der Waals surface area contributed by atoms with Gasteiger partial charge in [-0.3, -0.25) is 9.78 Å². The minimum absolute atomic E-state index is 0.165. The summed E-state index contributed by atoms with van der Waals surface area (Å²) >= 11 is 0. The van der Waals surface area contributed by atoms with Gasteiger partial charge >= 0.3 is 0 Å². The Labute approximate surface area is 181 Å². The fourth-order valence-corrected chi connectivity index (χ4v) is 3.27. The summed E-state index contributed by atoms with van der Waals surface area (Å²) in [7, 11) is 0. The molecule has 6 nitrogen and oxygen atoms in total. The number of ether oxygens (including phenoxy) is 1. The summed E-state index contributed by atoms with van der Waals surface area (Å²) in [6.45, 7) is 4.35. The zero-order valence-electron chi connectivity index (χ0n) is 17.5. The second kappa shape index (κ2) is 9.26. The number of hydrogen-bond acceptors (Lipinski definition) is 4. The Bertz CT molecular complexity index is 1140. The molecule has 31 heavy (non-hydrogen) atoms. The van der Waals surface area contributed by atoms with E-state index < -0.39 is 0 Å². The van der Waals surface area contributed by atoms with Crippen LogP contribution in [0.2, 0.25) is 0 Å². The highest BCUT2D eigenvalue weighted by Gasteiger charge is 2.16. The average molecular weight is 412 g/mol. The standard InChI is InChI=1S/C25H24N4O2/c1-18-15-24(28-29(18)22-8-4-3-5-9-22)25(30)27-19(2)21-10-12-23(13-11-21)31-17-20-7-6-14-26-16-20/h3-16,19H,17H2,1-2H3,(H,27,30). The van der Waals surface area contributed by atoms with Crippen LogP contribution in [0.1, 0.15) is 40.3 Å². The minimum Gasteiger partial charge on any atom is -0.489 e. The van der Waals surface area contributed by atoms with Crippen molar-refractivity contribution in [2.24, 2.45) is 0 Å². The molecule has 0 bridgehead atoms. The lowest BCUT2D eigenvalue weighted by Gasteiger charge is -2.14. The van der Waals surface area contributed by atoms with Crippen LogP contribution >= 0.6 is 0 Å². The SMILES string of the molecule is Cc1cc(C(=O)NC(C)c2ccc(OCc3cccnc3)cc2)nn1-c1ccccc1. The number of aromatic nitrogens is 3. The number of rotatable bonds is 7. The molecule has 0 saturated heterocycles. The Morgan fingerprint density at radius 1 is 1.06 bits per heavy atom. The van der Waals surface area contributed by atoms with Gasteiger partial charge in [0, 0.05) is 23.7 Å². The lowest BCUT2D eigenvalue weighted by Crippen LogP contribution is -2.27. The second-order valence-corrected chi connectivity index (χ2v) is 7.33. The van der Waals surface area contributed by atoms with Gasteiger partial charge in [-0.15, -0.1) is 0 Å². The maximum Gasteiger partial charge on any atom is 0.272 e. The van der Waals surface area contributed by atoms with Crippen LogP contribution in [0.3, 0.4) is 0 Å². The number of amides is 1. The van der Waals surface area contributed by atoms with Crippen LogP contribution < -0.4 is 10.1 Å². The molecule has 0 fully saturated rings. The molecule has 4 aromatic rings. The van der Waals surface area contributed by atoms with E-state index in [1.165, 1.54) is 0 Å². The number of nitrogens with zero attached hydrogens (tertiary/aromatic N) is 3. The number of para-hydroxylation sites is 1. The maximum absolute atomic E-state index is 12.7. The predicted molar refractivity (Wildman–Crippen MR) is 119 cm³/mol. The number of aryl methyl sites for hydroxylation is 1. The van der Waals surface area contributed by atoms with E-state index in [2.05, 4.69) is 15.4 Å². The third-order valence-electron chi connectivity index (χ3n) is 4.98. The van der Waals surface area contributed by atoms with E-state index in [0.29, 0.717) is 12.3 Å². The van der Waals surface area contributed by atoms with E-state index in [1.54, 1.807) is 23.1 Å². The van der Waals surface area contributed by atoms with Gasteiger partial charge in [0.15, 0.2) is 5.69 Å². The minimum atomic E-state index is -0.206. The third-order valence-corrected chi connectivity index (χ3v) is 4.98. The smallest absolute Gasteiger partial charge is 0.272 e. The number of carbonyl (C=O) groups excluding carboxylic acids is 1. The summed E-state index contributed by atoms with van der Waals surface area (Å²) in [5.74, 6) is 0.561. The van der Waals surface area contributed by atoms with Crippen molar-refractivity contribution in [3.8, 4) is 11.4 Å². The molecule has 2 aromatic carbocycles. The van der Waals surface area contributed by atoms with Gasteiger partial charge in [0.05, 0.1) is 11.7 Å². The first-order chi connectivity index (χ1) is 15.1. The van der Waals surface area contributed by atoms with Crippen molar-refractivity contribution in [1.29, 1.82) is 0 Å². The van der Waals surface area contributed by atoms with Gasteiger partial charge in [-0.05, 0) is 55.8 Å². The fourth-order valence-electron chi connectivity index (χ4n) is 3.27. The van der Waals surface area contributed by atoms with E-state index in [4.69, 9.17) is 4.74 Å². The number of carbonyl (C=O) groups is 1. The Morgan fingerprint density at radius 2 is 1.84 bits per heavy atom. The topological polar surface area (TPSA) is 69.0 Å². The molecule has 1 amide bonds. The van der Waals surface area contributed by atoms with Crippen LogP contribution in [-0.4, -0.2) is 20.7 Å². The van der Waals surface area contributed by atoms with Crippen molar-refractivity contribution in [3.05, 3.63) is 108 Å². The predicted octanol–water partition coefficient (Wildman–Crippen LogP) is 4.65. The summed E-state index contributed by atoms with van der Waals surface area (Å²) < 4.78 is 7.57.